The molecule has 0 bridgehead atoms. The largest absolute Gasteiger partial charge is 0.310 e. The fourth-order valence-electron chi connectivity index (χ4n) is 4.75. The SMILES string of the molecule is C#CCN1C(=O)[C@]2(CC(=O)Nc3c2cnn3-c2nc3ccccc3s2)c2cc(C)ccc21. The topological polar surface area (TPSA) is 80.1 Å². The molecule has 2 amide bonds. The van der Waals surface area contributed by atoms with Gasteiger partial charge in [-0.15, -0.1) is 6.42 Å². The summed E-state index contributed by atoms with van der Waals surface area (Å²) in [5.74, 6) is 2.60. The van der Waals surface area contributed by atoms with Crippen LogP contribution in [0.3, 0.4) is 0 Å². The number of terminal acetylenes is 1. The van der Waals surface area contributed by atoms with E-state index in [0.717, 1.165) is 27.0 Å². The summed E-state index contributed by atoms with van der Waals surface area (Å²) in [6, 6.07) is 13.6. The number of para-hydroxylation sites is 1. The molecule has 8 heteroatoms. The van der Waals surface area contributed by atoms with E-state index >= 15 is 0 Å². The second kappa shape index (κ2) is 6.52. The molecule has 1 atom stereocenters. The van der Waals surface area contributed by atoms with Crippen molar-refractivity contribution in [2.24, 2.45) is 0 Å². The van der Waals surface area contributed by atoms with Crippen molar-refractivity contribution >= 4 is 44.9 Å². The summed E-state index contributed by atoms with van der Waals surface area (Å²) >= 11 is 1.47. The Balaban J connectivity index is 1.60. The number of fused-ring (bicyclic) bond motifs is 5. The van der Waals surface area contributed by atoms with Crippen molar-refractivity contribution in [1.82, 2.24) is 14.8 Å². The molecule has 2 aliphatic rings. The zero-order valence-corrected chi connectivity index (χ0v) is 17.9. The quantitative estimate of drug-likeness (QED) is 0.486. The molecule has 7 nitrogen and oxygen atoms in total. The van der Waals surface area contributed by atoms with Gasteiger partial charge in [0.05, 0.1) is 23.0 Å². The molecule has 32 heavy (non-hydrogen) atoms. The van der Waals surface area contributed by atoms with Gasteiger partial charge in [0.25, 0.3) is 0 Å². The highest BCUT2D eigenvalue weighted by Crippen LogP contribution is 2.52. The average Bonchev–Trinajstić information content (AvgIpc) is 3.45. The van der Waals surface area contributed by atoms with Crippen LogP contribution in [0.2, 0.25) is 0 Å². The van der Waals surface area contributed by atoms with E-state index < -0.39 is 5.41 Å². The number of aromatic nitrogens is 3. The average molecular weight is 440 g/mol. The zero-order chi connectivity index (χ0) is 22.0. The molecule has 4 heterocycles. The molecule has 1 N–H and O–H groups in total. The van der Waals surface area contributed by atoms with Gasteiger partial charge in [-0.1, -0.05) is 47.1 Å². The van der Waals surface area contributed by atoms with Gasteiger partial charge in [0.15, 0.2) is 0 Å². The Morgan fingerprint density at radius 1 is 1.22 bits per heavy atom. The van der Waals surface area contributed by atoms with E-state index in [2.05, 4.69) is 21.3 Å². The first kappa shape index (κ1) is 18.8. The van der Waals surface area contributed by atoms with Crippen LogP contribution >= 0.6 is 11.3 Å². The van der Waals surface area contributed by atoms with Gasteiger partial charge in [0.2, 0.25) is 16.9 Å². The number of hydrogen-bond acceptors (Lipinski definition) is 5. The van der Waals surface area contributed by atoms with Gasteiger partial charge in [-0.25, -0.2) is 4.98 Å². The molecular weight excluding hydrogens is 422 g/mol. The third kappa shape index (κ3) is 2.37. The predicted octanol–water partition coefficient (Wildman–Crippen LogP) is 3.40. The number of carbonyl (C=O) groups excluding carboxylic acids is 2. The summed E-state index contributed by atoms with van der Waals surface area (Å²) < 4.78 is 2.63. The maximum atomic E-state index is 13.8. The second-order valence-corrected chi connectivity index (χ2v) is 9.04. The van der Waals surface area contributed by atoms with E-state index in [1.807, 2.05) is 49.4 Å². The Morgan fingerprint density at radius 2 is 2.06 bits per heavy atom. The van der Waals surface area contributed by atoms with Crippen molar-refractivity contribution < 1.29 is 9.59 Å². The minimum atomic E-state index is -1.16. The molecular formula is C24H17N5O2S. The molecule has 2 aliphatic heterocycles. The van der Waals surface area contributed by atoms with Crippen LogP contribution < -0.4 is 10.2 Å². The van der Waals surface area contributed by atoms with E-state index in [-0.39, 0.29) is 24.8 Å². The molecule has 156 valence electrons. The summed E-state index contributed by atoms with van der Waals surface area (Å²) in [5, 5.41) is 8.11. The molecule has 0 aliphatic carbocycles. The number of nitrogens with zero attached hydrogens (tertiary/aromatic N) is 4. The van der Waals surface area contributed by atoms with Crippen molar-refractivity contribution in [2.75, 3.05) is 16.8 Å². The second-order valence-electron chi connectivity index (χ2n) is 8.03. The fourth-order valence-corrected chi connectivity index (χ4v) is 5.68. The standard InChI is InChI=1S/C24H17N5O2S/c1-3-10-28-18-9-8-14(2)11-15(18)24(22(28)31)12-20(30)27-21-16(24)13-25-29(21)23-26-17-6-4-5-7-19(17)32-23/h1,4-9,11,13H,10,12H2,2H3,(H,27,30)/t24-/m1/s1. The molecule has 0 unspecified atom stereocenters. The van der Waals surface area contributed by atoms with E-state index in [4.69, 9.17) is 6.42 Å². The van der Waals surface area contributed by atoms with Gasteiger partial charge < -0.3 is 5.32 Å². The molecule has 0 saturated heterocycles. The van der Waals surface area contributed by atoms with Gasteiger partial charge in [-0.3, -0.25) is 14.5 Å². The van der Waals surface area contributed by atoms with Crippen molar-refractivity contribution in [3.8, 4) is 17.5 Å². The lowest BCUT2D eigenvalue weighted by Crippen LogP contribution is -2.46. The lowest BCUT2D eigenvalue weighted by Gasteiger charge is -2.32. The summed E-state index contributed by atoms with van der Waals surface area (Å²) in [5.41, 5.74) is 2.89. The molecule has 6 rings (SSSR count). The summed E-state index contributed by atoms with van der Waals surface area (Å²) in [6.45, 7) is 2.11. The summed E-state index contributed by atoms with van der Waals surface area (Å²) in [4.78, 5) is 33.1. The van der Waals surface area contributed by atoms with E-state index in [9.17, 15) is 9.59 Å². The van der Waals surface area contributed by atoms with Crippen LogP contribution in [0.5, 0.6) is 0 Å². The Hall–Kier alpha value is -3.96. The van der Waals surface area contributed by atoms with Crippen LogP contribution in [0.1, 0.15) is 23.1 Å². The first-order valence-electron chi connectivity index (χ1n) is 10.1. The van der Waals surface area contributed by atoms with Gasteiger partial charge in [-0.05, 0) is 30.7 Å². The van der Waals surface area contributed by atoms with Crippen molar-refractivity contribution in [2.45, 2.75) is 18.8 Å². The number of anilines is 2. The third-order valence-electron chi connectivity index (χ3n) is 6.14. The summed E-state index contributed by atoms with van der Waals surface area (Å²) in [7, 11) is 0. The Kier molecular flexibility index (Phi) is 3.83. The number of benzene rings is 2. The number of nitrogens with one attached hydrogen (secondary N) is 1. The first-order valence-corrected chi connectivity index (χ1v) is 11.0. The highest BCUT2D eigenvalue weighted by atomic mass is 32.1. The number of rotatable bonds is 2. The molecule has 4 aromatic rings. The number of carbonyl (C=O) groups is 2. The number of hydrogen-bond donors (Lipinski definition) is 1. The Labute approximate surface area is 187 Å². The van der Waals surface area contributed by atoms with Crippen LogP contribution in [0, 0.1) is 19.3 Å². The molecule has 0 saturated carbocycles. The monoisotopic (exact) mass is 439 g/mol. The Morgan fingerprint density at radius 3 is 2.88 bits per heavy atom. The number of amides is 2. The van der Waals surface area contributed by atoms with E-state index in [1.54, 1.807) is 15.8 Å². The minimum absolute atomic E-state index is 0.00188. The van der Waals surface area contributed by atoms with Crippen LogP contribution in [-0.2, 0) is 15.0 Å². The van der Waals surface area contributed by atoms with Crippen LogP contribution in [0.15, 0.2) is 48.7 Å². The van der Waals surface area contributed by atoms with Crippen LogP contribution in [0.4, 0.5) is 11.5 Å². The smallest absolute Gasteiger partial charge is 0.243 e. The molecule has 0 radical (unpaired) electrons. The van der Waals surface area contributed by atoms with Crippen molar-refractivity contribution in [1.29, 1.82) is 0 Å². The maximum absolute atomic E-state index is 13.8. The maximum Gasteiger partial charge on any atom is 0.243 e. The fraction of sp³-hybridized carbons (Fsp3) is 0.167. The van der Waals surface area contributed by atoms with E-state index in [0.29, 0.717) is 16.5 Å². The van der Waals surface area contributed by atoms with Crippen molar-refractivity contribution in [3.63, 3.8) is 0 Å². The van der Waals surface area contributed by atoms with Gasteiger partial charge in [0, 0.05) is 17.7 Å². The molecule has 2 aromatic heterocycles. The lowest BCUT2D eigenvalue weighted by molar-refractivity contribution is -0.126. The highest BCUT2D eigenvalue weighted by molar-refractivity contribution is 7.20. The normalized spacial score (nSPS) is 19.2. The van der Waals surface area contributed by atoms with Crippen LogP contribution in [0.25, 0.3) is 15.3 Å². The molecule has 2 aromatic carbocycles. The van der Waals surface area contributed by atoms with Gasteiger partial charge in [0.1, 0.15) is 11.2 Å². The van der Waals surface area contributed by atoms with Gasteiger partial charge in [-0.2, -0.15) is 9.78 Å². The van der Waals surface area contributed by atoms with Gasteiger partial charge >= 0.3 is 0 Å². The molecule has 1 spiro atoms. The highest BCUT2D eigenvalue weighted by Gasteiger charge is 2.57. The lowest BCUT2D eigenvalue weighted by atomic mass is 9.71. The van der Waals surface area contributed by atoms with E-state index in [1.165, 1.54) is 11.3 Å². The van der Waals surface area contributed by atoms with Crippen molar-refractivity contribution in [3.05, 3.63) is 65.4 Å². The molecule has 0 fully saturated rings. The zero-order valence-electron chi connectivity index (χ0n) is 17.1. The minimum Gasteiger partial charge on any atom is -0.310 e. The predicted molar refractivity (Wildman–Crippen MR) is 123 cm³/mol. The Bertz CT molecular complexity index is 1460. The number of thiazole rings is 1. The summed E-state index contributed by atoms with van der Waals surface area (Å²) in [6.07, 6.45) is 7.24. The first-order chi connectivity index (χ1) is 15.5. The number of aryl methyl sites for hydroxylation is 1. The van der Waals surface area contributed by atoms with Crippen LogP contribution in [-0.4, -0.2) is 33.1 Å². The third-order valence-corrected chi connectivity index (χ3v) is 7.15.